The van der Waals surface area contributed by atoms with E-state index >= 15 is 0 Å². The van der Waals surface area contributed by atoms with Gasteiger partial charge in [-0.25, -0.2) is 12.7 Å². The zero-order chi connectivity index (χ0) is 19.0. The van der Waals surface area contributed by atoms with Gasteiger partial charge in [0.2, 0.25) is 10.0 Å². The molecule has 1 N–H and O–H groups in total. The number of allylic oxidation sites excluding steroid dienone is 1. The number of hydrogen-bond acceptors (Lipinski definition) is 4. The molecular formula is C19H28N2O4S. The van der Waals surface area contributed by atoms with Gasteiger partial charge < -0.3 is 10.1 Å². The second-order valence-corrected chi connectivity index (χ2v) is 8.46. The third kappa shape index (κ3) is 6.14. The van der Waals surface area contributed by atoms with E-state index in [0.29, 0.717) is 17.9 Å². The van der Waals surface area contributed by atoms with Crippen molar-refractivity contribution < 1.29 is 17.9 Å². The number of benzene rings is 1. The Morgan fingerprint density at radius 3 is 2.65 bits per heavy atom. The maximum absolute atomic E-state index is 12.3. The van der Waals surface area contributed by atoms with E-state index in [1.54, 1.807) is 24.3 Å². The maximum atomic E-state index is 12.3. The number of nitrogens with one attached hydrogen (secondary N) is 1. The van der Waals surface area contributed by atoms with Crippen LogP contribution in [0, 0.1) is 0 Å². The molecule has 0 aromatic heterocycles. The van der Waals surface area contributed by atoms with Crippen molar-refractivity contribution in [3.8, 4) is 5.75 Å². The molecule has 0 spiro atoms. The molecule has 6 nitrogen and oxygen atoms in total. The largest absolute Gasteiger partial charge is 0.496 e. The van der Waals surface area contributed by atoms with Gasteiger partial charge in [0.15, 0.2) is 0 Å². The minimum absolute atomic E-state index is 0.253. The van der Waals surface area contributed by atoms with Gasteiger partial charge in [0.1, 0.15) is 5.75 Å². The predicted octanol–water partition coefficient (Wildman–Crippen LogP) is 2.58. The van der Waals surface area contributed by atoms with Crippen LogP contribution in [0.15, 0.2) is 35.9 Å². The average molecular weight is 381 g/mol. The van der Waals surface area contributed by atoms with Crippen LogP contribution in [0.1, 0.15) is 42.5 Å². The third-order valence-corrected chi connectivity index (χ3v) is 5.84. The van der Waals surface area contributed by atoms with Crippen LogP contribution in [0.5, 0.6) is 5.75 Å². The standard InChI is InChI=1S/C19H28N2O4S/c1-25-18-11-7-6-10-17(18)19(22)20-13-15-21(26(2,23)24)14-12-16-8-4-3-5-9-16/h6-8,10-11H,3-5,9,12-15H2,1-2H3,(H,20,22). The lowest BCUT2D eigenvalue weighted by atomic mass is 9.97. The van der Waals surface area contributed by atoms with Crippen molar-refractivity contribution in [2.75, 3.05) is 33.0 Å². The molecule has 2 rings (SSSR count). The topological polar surface area (TPSA) is 75.7 Å². The van der Waals surface area contributed by atoms with Gasteiger partial charge in [0.25, 0.3) is 5.91 Å². The van der Waals surface area contributed by atoms with Crippen LogP contribution in [-0.2, 0) is 10.0 Å². The minimum atomic E-state index is -3.31. The van der Waals surface area contributed by atoms with Crippen LogP contribution in [0.3, 0.4) is 0 Å². The highest BCUT2D eigenvalue weighted by molar-refractivity contribution is 7.88. The highest BCUT2D eigenvalue weighted by atomic mass is 32.2. The summed E-state index contributed by atoms with van der Waals surface area (Å²) in [5.74, 6) is 0.222. The average Bonchev–Trinajstić information content (AvgIpc) is 2.64. The first-order chi connectivity index (χ1) is 12.4. The number of nitrogens with zero attached hydrogens (tertiary/aromatic N) is 1. The molecule has 1 aliphatic carbocycles. The highest BCUT2D eigenvalue weighted by Crippen LogP contribution is 2.20. The Kier molecular flexibility index (Phi) is 7.66. The van der Waals surface area contributed by atoms with Crippen LogP contribution in [-0.4, -0.2) is 51.6 Å². The molecule has 144 valence electrons. The number of amides is 1. The number of carbonyl (C=O) groups is 1. The second kappa shape index (κ2) is 9.73. The van der Waals surface area contributed by atoms with Gasteiger partial charge in [-0.2, -0.15) is 0 Å². The first-order valence-electron chi connectivity index (χ1n) is 8.96. The molecule has 0 unspecified atom stereocenters. The molecule has 1 amide bonds. The summed E-state index contributed by atoms with van der Waals surface area (Å²) in [6.07, 6.45) is 8.74. The number of methoxy groups -OCH3 is 1. The second-order valence-electron chi connectivity index (χ2n) is 6.48. The van der Waals surface area contributed by atoms with Crippen molar-refractivity contribution in [1.82, 2.24) is 9.62 Å². The Hall–Kier alpha value is -1.86. The quantitative estimate of drug-likeness (QED) is 0.668. The first-order valence-corrected chi connectivity index (χ1v) is 10.8. The fraction of sp³-hybridized carbons (Fsp3) is 0.526. The van der Waals surface area contributed by atoms with Crippen molar-refractivity contribution in [3.05, 3.63) is 41.5 Å². The van der Waals surface area contributed by atoms with Gasteiger partial charge in [-0.3, -0.25) is 4.79 Å². The number of carbonyl (C=O) groups excluding carboxylic acids is 1. The van der Waals surface area contributed by atoms with Gasteiger partial charge >= 0.3 is 0 Å². The molecule has 1 aromatic carbocycles. The minimum Gasteiger partial charge on any atom is -0.496 e. The molecule has 0 aliphatic heterocycles. The Morgan fingerprint density at radius 1 is 1.23 bits per heavy atom. The smallest absolute Gasteiger partial charge is 0.255 e. The molecule has 1 aliphatic rings. The van der Waals surface area contributed by atoms with Crippen molar-refractivity contribution in [1.29, 1.82) is 0 Å². The molecule has 0 bridgehead atoms. The van der Waals surface area contributed by atoms with E-state index in [1.807, 2.05) is 0 Å². The Balaban J connectivity index is 1.88. The number of para-hydroxylation sites is 1. The van der Waals surface area contributed by atoms with E-state index in [2.05, 4.69) is 11.4 Å². The molecule has 0 atom stereocenters. The third-order valence-electron chi connectivity index (χ3n) is 4.53. The van der Waals surface area contributed by atoms with Gasteiger partial charge in [-0.1, -0.05) is 23.8 Å². The first kappa shape index (κ1) is 20.5. The monoisotopic (exact) mass is 380 g/mol. The van der Waals surface area contributed by atoms with E-state index in [1.165, 1.54) is 36.1 Å². The number of sulfonamides is 1. The summed E-state index contributed by atoms with van der Waals surface area (Å²) in [6, 6.07) is 6.95. The summed E-state index contributed by atoms with van der Waals surface area (Å²) in [5.41, 5.74) is 1.77. The molecule has 0 heterocycles. The Labute approximate surface area is 156 Å². The van der Waals surface area contributed by atoms with Crippen LogP contribution in [0.2, 0.25) is 0 Å². The van der Waals surface area contributed by atoms with E-state index in [-0.39, 0.29) is 19.0 Å². The molecule has 0 saturated carbocycles. The summed E-state index contributed by atoms with van der Waals surface area (Å²) in [4.78, 5) is 12.3. The fourth-order valence-electron chi connectivity index (χ4n) is 3.07. The van der Waals surface area contributed by atoms with Crippen LogP contribution in [0.4, 0.5) is 0 Å². The van der Waals surface area contributed by atoms with Gasteiger partial charge in [-0.15, -0.1) is 0 Å². The van der Waals surface area contributed by atoms with E-state index in [9.17, 15) is 13.2 Å². The van der Waals surface area contributed by atoms with Crippen LogP contribution in [0.25, 0.3) is 0 Å². The molecule has 0 saturated heterocycles. The zero-order valence-electron chi connectivity index (χ0n) is 15.5. The molecule has 0 fully saturated rings. The lowest BCUT2D eigenvalue weighted by molar-refractivity contribution is 0.0948. The van der Waals surface area contributed by atoms with E-state index in [4.69, 9.17) is 4.74 Å². The number of hydrogen-bond donors (Lipinski definition) is 1. The molecule has 26 heavy (non-hydrogen) atoms. The van der Waals surface area contributed by atoms with Gasteiger partial charge in [0, 0.05) is 19.6 Å². The molecule has 7 heteroatoms. The highest BCUT2D eigenvalue weighted by Gasteiger charge is 2.18. The fourth-order valence-corrected chi connectivity index (χ4v) is 3.91. The van der Waals surface area contributed by atoms with Crippen molar-refractivity contribution >= 4 is 15.9 Å². The maximum Gasteiger partial charge on any atom is 0.255 e. The zero-order valence-corrected chi connectivity index (χ0v) is 16.3. The Morgan fingerprint density at radius 2 is 2.00 bits per heavy atom. The molecular weight excluding hydrogens is 352 g/mol. The summed E-state index contributed by atoms with van der Waals surface area (Å²) in [5, 5.41) is 2.77. The summed E-state index contributed by atoms with van der Waals surface area (Å²) < 4.78 is 30.7. The van der Waals surface area contributed by atoms with Crippen molar-refractivity contribution in [3.63, 3.8) is 0 Å². The van der Waals surface area contributed by atoms with Gasteiger partial charge in [-0.05, 0) is 44.2 Å². The lowest BCUT2D eigenvalue weighted by Gasteiger charge is -2.22. The van der Waals surface area contributed by atoms with E-state index in [0.717, 1.165) is 19.3 Å². The molecule has 1 aromatic rings. The summed E-state index contributed by atoms with van der Waals surface area (Å²) >= 11 is 0. The number of ether oxygens (including phenoxy) is 1. The normalized spacial score (nSPS) is 14.8. The van der Waals surface area contributed by atoms with E-state index < -0.39 is 10.0 Å². The van der Waals surface area contributed by atoms with Crippen LogP contribution < -0.4 is 10.1 Å². The van der Waals surface area contributed by atoms with Crippen molar-refractivity contribution in [2.45, 2.75) is 32.1 Å². The van der Waals surface area contributed by atoms with Crippen molar-refractivity contribution in [2.24, 2.45) is 0 Å². The SMILES string of the molecule is COc1ccccc1C(=O)NCCN(CCC1=CCCCC1)S(C)(=O)=O. The molecule has 0 radical (unpaired) electrons. The Bertz CT molecular complexity index is 744. The number of rotatable bonds is 9. The van der Waals surface area contributed by atoms with Gasteiger partial charge in [0.05, 0.1) is 18.9 Å². The van der Waals surface area contributed by atoms with Crippen LogP contribution >= 0.6 is 0 Å². The summed E-state index contributed by atoms with van der Waals surface area (Å²) in [6.45, 7) is 0.963. The lowest BCUT2D eigenvalue weighted by Crippen LogP contribution is -2.38. The summed E-state index contributed by atoms with van der Waals surface area (Å²) in [7, 11) is -1.80. The predicted molar refractivity (Wildman–Crippen MR) is 103 cm³/mol.